The Bertz CT molecular complexity index is 2690. The molecule has 0 saturated carbocycles. The Morgan fingerprint density at radius 3 is 1.91 bits per heavy atom. The molecule has 0 N–H and O–H groups in total. The van der Waals surface area contributed by atoms with Crippen molar-refractivity contribution in [1.82, 2.24) is 4.57 Å². The number of aromatic nitrogens is 1. The highest BCUT2D eigenvalue weighted by molar-refractivity contribution is 6.12. The van der Waals surface area contributed by atoms with Crippen LogP contribution in [0, 0.1) is 0 Å². The molecule has 1 aliphatic rings. The van der Waals surface area contributed by atoms with Gasteiger partial charge in [-0.2, -0.15) is 0 Å². The van der Waals surface area contributed by atoms with Gasteiger partial charge < -0.3 is 8.98 Å². The predicted octanol–water partition coefficient (Wildman–Crippen LogP) is 12.3. The fourth-order valence-corrected chi connectivity index (χ4v) is 8.01. The summed E-state index contributed by atoms with van der Waals surface area (Å²) in [5.41, 5.74) is 15.6. The van der Waals surface area contributed by atoms with Crippen LogP contribution in [0.4, 0.5) is 0 Å². The number of benzene rings is 7. The molecule has 0 unspecified atom stereocenters. The van der Waals surface area contributed by atoms with E-state index in [1.165, 1.54) is 71.7 Å². The van der Waals surface area contributed by atoms with Crippen molar-refractivity contribution in [2.75, 3.05) is 0 Å². The molecular formula is C45H31NO. The van der Waals surface area contributed by atoms with E-state index in [2.05, 4.69) is 170 Å². The van der Waals surface area contributed by atoms with E-state index in [1.807, 2.05) is 0 Å². The van der Waals surface area contributed by atoms with Gasteiger partial charge in [-0.15, -0.1) is 0 Å². The number of rotatable bonds is 3. The number of para-hydroxylation sites is 1. The number of hydrogen-bond donors (Lipinski definition) is 0. The van der Waals surface area contributed by atoms with Crippen LogP contribution < -0.4 is 0 Å². The SMILES string of the molecule is CC1(C)c2ccccc2-c2cc3c(cc21)oc1ccc(-c2ccc4c(c2)c2ccccc2n4-c2ccc(-c4ccccc4)cc2)cc13. The number of nitrogens with zero attached hydrogens (tertiary/aromatic N) is 1. The Kier molecular flexibility index (Phi) is 5.37. The maximum atomic E-state index is 6.47. The maximum absolute atomic E-state index is 6.47. The molecule has 222 valence electrons. The summed E-state index contributed by atoms with van der Waals surface area (Å²) < 4.78 is 8.86. The van der Waals surface area contributed by atoms with Crippen LogP contribution in [0.3, 0.4) is 0 Å². The zero-order chi connectivity index (χ0) is 31.3. The van der Waals surface area contributed by atoms with Gasteiger partial charge in [-0.05, 0) is 99.1 Å². The molecule has 0 bridgehead atoms. The van der Waals surface area contributed by atoms with Crippen LogP contribution in [0.25, 0.3) is 82.8 Å². The van der Waals surface area contributed by atoms with Crippen LogP contribution in [-0.4, -0.2) is 4.57 Å². The number of fused-ring (bicyclic) bond motifs is 9. The van der Waals surface area contributed by atoms with Gasteiger partial charge >= 0.3 is 0 Å². The highest BCUT2D eigenvalue weighted by Crippen LogP contribution is 2.50. The second-order valence-electron chi connectivity index (χ2n) is 13.4. The molecule has 9 aromatic rings. The van der Waals surface area contributed by atoms with Gasteiger partial charge in [0.25, 0.3) is 0 Å². The maximum Gasteiger partial charge on any atom is 0.135 e. The van der Waals surface area contributed by atoms with Crippen LogP contribution in [0.5, 0.6) is 0 Å². The van der Waals surface area contributed by atoms with E-state index in [4.69, 9.17) is 4.42 Å². The van der Waals surface area contributed by atoms with E-state index >= 15 is 0 Å². The fraction of sp³-hybridized carbons (Fsp3) is 0.0667. The Balaban J connectivity index is 1.11. The molecule has 2 heteroatoms. The standard InChI is InChI=1S/C45H31NO/c1-45(2)39-14-8-6-12-33(39)35-26-38-37-25-31(19-23-43(37)47-44(38)27-40(35)45)30-18-22-42-36(24-30)34-13-7-9-15-41(34)46(42)32-20-16-29(17-21-32)28-10-4-3-5-11-28/h3-27H,1-2H3. The van der Waals surface area contributed by atoms with Crippen molar-refractivity contribution in [2.24, 2.45) is 0 Å². The van der Waals surface area contributed by atoms with Gasteiger partial charge in [0.1, 0.15) is 11.2 Å². The van der Waals surface area contributed by atoms with Gasteiger partial charge in [0.2, 0.25) is 0 Å². The van der Waals surface area contributed by atoms with Crippen LogP contribution >= 0.6 is 0 Å². The van der Waals surface area contributed by atoms with E-state index in [-0.39, 0.29) is 5.41 Å². The van der Waals surface area contributed by atoms with Gasteiger partial charge in [0.05, 0.1) is 11.0 Å². The molecule has 7 aromatic carbocycles. The molecule has 10 rings (SSSR count). The molecule has 0 atom stereocenters. The third-order valence-corrected chi connectivity index (χ3v) is 10.4. The Morgan fingerprint density at radius 1 is 0.426 bits per heavy atom. The normalized spacial score (nSPS) is 13.5. The van der Waals surface area contributed by atoms with Gasteiger partial charge in [0.15, 0.2) is 0 Å². The molecule has 1 aliphatic carbocycles. The van der Waals surface area contributed by atoms with Gasteiger partial charge in [-0.1, -0.05) is 111 Å². The van der Waals surface area contributed by atoms with E-state index in [9.17, 15) is 0 Å². The molecule has 0 amide bonds. The first-order valence-corrected chi connectivity index (χ1v) is 16.3. The fourth-order valence-electron chi connectivity index (χ4n) is 8.01. The molecule has 2 aromatic heterocycles. The second kappa shape index (κ2) is 9.57. The minimum atomic E-state index is -0.0528. The van der Waals surface area contributed by atoms with E-state index in [0.29, 0.717) is 0 Å². The third-order valence-electron chi connectivity index (χ3n) is 10.4. The molecule has 0 saturated heterocycles. The molecule has 2 heterocycles. The smallest absolute Gasteiger partial charge is 0.135 e. The summed E-state index contributed by atoms with van der Waals surface area (Å²) in [6.07, 6.45) is 0. The minimum absolute atomic E-state index is 0.0528. The molecule has 0 radical (unpaired) electrons. The first-order valence-electron chi connectivity index (χ1n) is 16.3. The van der Waals surface area contributed by atoms with Crippen molar-refractivity contribution in [2.45, 2.75) is 19.3 Å². The summed E-state index contributed by atoms with van der Waals surface area (Å²) in [5, 5.41) is 4.83. The van der Waals surface area contributed by atoms with Gasteiger partial charge in [-0.3, -0.25) is 0 Å². The summed E-state index contributed by atoms with van der Waals surface area (Å²) in [6, 6.07) is 55.2. The molecule has 47 heavy (non-hydrogen) atoms. The van der Waals surface area contributed by atoms with E-state index in [0.717, 1.165) is 22.2 Å². The summed E-state index contributed by atoms with van der Waals surface area (Å²) >= 11 is 0. The van der Waals surface area contributed by atoms with E-state index in [1.54, 1.807) is 0 Å². The number of hydrogen-bond acceptors (Lipinski definition) is 1. The van der Waals surface area contributed by atoms with Crippen molar-refractivity contribution in [3.8, 4) is 39.1 Å². The lowest BCUT2D eigenvalue weighted by atomic mass is 9.82. The lowest BCUT2D eigenvalue weighted by Gasteiger charge is -2.21. The quantitative estimate of drug-likeness (QED) is 0.197. The molecule has 0 aliphatic heterocycles. The van der Waals surface area contributed by atoms with Crippen molar-refractivity contribution in [3.63, 3.8) is 0 Å². The second-order valence-corrected chi connectivity index (χ2v) is 13.4. The lowest BCUT2D eigenvalue weighted by Crippen LogP contribution is -2.14. The van der Waals surface area contributed by atoms with Crippen LogP contribution in [0.15, 0.2) is 156 Å². The van der Waals surface area contributed by atoms with Crippen molar-refractivity contribution in [1.29, 1.82) is 0 Å². The summed E-state index contributed by atoms with van der Waals surface area (Å²) in [6.45, 7) is 4.63. The Morgan fingerprint density at radius 2 is 1.06 bits per heavy atom. The van der Waals surface area contributed by atoms with Gasteiger partial charge in [-0.25, -0.2) is 0 Å². The van der Waals surface area contributed by atoms with Crippen LogP contribution in [-0.2, 0) is 5.41 Å². The van der Waals surface area contributed by atoms with Crippen molar-refractivity contribution < 1.29 is 4.42 Å². The molecular weight excluding hydrogens is 571 g/mol. The largest absolute Gasteiger partial charge is 0.456 e. The van der Waals surface area contributed by atoms with E-state index < -0.39 is 0 Å². The summed E-state index contributed by atoms with van der Waals surface area (Å²) in [4.78, 5) is 0. The molecule has 0 spiro atoms. The number of furan rings is 1. The van der Waals surface area contributed by atoms with Gasteiger partial charge in [0, 0.05) is 32.6 Å². The van der Waals surface area contributed by atoms with Crippen molar-refractivity contribution >= 4 is 43.7 Å². The zero-order valence-electron chi connectivity index (χ0n) is 26.3. The lowest BCUT2D eigenvalue weighted by molar-refractivity contribution is 0.647. The minimum Gasteiger partial charge on any atom is -0.456 e. The average Bonchev–Trinajstić information content (AvgIpc) is 3.73. The third kappa shape index (κ3) is 3.79. The molecule has 0 fully saturated rings. The van der Waals surface area contributed by atoms with Crippen molar-refractivity contribution in [3.05, 3.63) is 163 Å². The topological polar surface area (TPSA) is 18.1 Å². The zero-order valence-corrected chi connectivity index (χ0v) is 26.3. The molecule has 2 nitrogen and oxygen atoms in total. The summed E-state index contributed by atoms with van der Waals surface area (Å²) in [7, 11) is 0. The van der Waals surface area contributed by atoms with Crippen LogP contribution in [0.2, 0.25) is 0 Å². The highest BCUT2D eigenvalue weighted by Gasteiger charge is 2.36. The average molecular weight is 602 g/mol. The first kappa shape index (κ1) is 26.4. The first-order chi connectivity index (χ1) is 23.0. The highest BCUT2D eigenvalue weighted by atomic mass is 16.3. The monoisotopic (exact) mass is 601 g/mol. The van der Waals surface area contributed by atoms with Crippen LogP contribution in [0.1, 0.15) is 25.0 Å². The predicted molar refractivity (Wildman–Crippen MR) is 196 cm³/mol. The Hall–Kier alpha value is -5.86. The Labute approximate surface area is 273 Å². The summed E-state index contributed by atoms with van der Waals surface area (Å²) in [5.74, 6) is 0.